The first-order valence-electron chi connectivity index (χ1n) is 15.1. The monoisotopic (exact) mass is 587 g/mol. The summed E-state index contributed by atoms with van der Waals surface area (Å²) >= 11 is 0. The molecule has 7 nitrogen and oxygen atoms in total. The third-order valence-corrected chi connectivity index (χ3v) is 7.62. The minimum atomic E-state index is -0.787. The highest BCUT2D eigenvalue weighted by atomic mass is 16.5. The van der Waals surface area contributed by atoms with Crippen molar-refractivity contribution >= 4 is 29.3 Å². The van der Waals surface area contributed by atoms with Gasteiger partial charge in [0, 0.05) is 12.2 Å². The zero-order chi connectivity index (χ0) is 30.9. The van der Waals surface area contributed by atoms with Crippen LogP contribution in [0.25, 0.3) is 5.70 Å². The molecule has 1 aliphatic heterocycles. The number of unbranched alkanes of at least 4 members (excludes halogenated alkanes) is 1. The van der Waals surface area contributed by atoms with Gasteiger partial charge in [-0.05, 0) is 47.7 Å². The van der Waals surface area contributed by atoms with Crippen LogP contribution in [0.1, 0.15) is 60.9 Å². The van der Waals surface area contributed by atoms with Gasteiger partial charge in [-0.1, -0.05) is 116 Å². The Morgan fingerprint density at radius 2 is 1.45 bits per heavy atom. The molecular weight excluding hydrogens is 550 g/mol. The van der Waals surface area contributed by atoms with Crippen LogP contribution in [0.4, 0.5) is 10.5 Å². The van der Waals surface area contributed by atoms with Gasteiger partial charge < -0.3 is 15.4 Å². The number of carbonyl (C=O) groups excluding carboxylic acids is 3. The summed E-state index contributed by atoms with van der Waals surface area (Å²) in [7, 11) is 0. The molecular formula is C37H37N3O4. The molecule has 0 radical (unpaired) electrons. The van der Waals surface area contributed by atoms with Crippen LogP contribution < -0.4 is 10.6 Å². The quantitative estimate of drug-likeness (QED) is 0.180. The second-order valence-corrected chi connectivity index (χ2v) is 10.6. The average molecular weight is 588 g/mol. The van der Waals surface area contributed by atoms with E-state index in [1.165, 1.54) is 0 Å². The van der Waals surface area contributed by atoms with Crippen LogP contribution in [0.5, 0.6) is 0 Å². The van der Waals surface area contributed by atoms with Gasteiger partial charge >= 0.3 is 12.0 Å². The molecule has 224 valence electrons. The summed E-state index contributed by atoms with van der Waals surface area (Å²) in [5.41, 5.74) is 4.59. The maximum atomic E-state index is 13.8. The molecule has 2 N–H and O–H groups in total. The molecule has 0 spiro atoms. The van der Waals surface area contributed by atoms with Crippen LogP contribution in [0, 0.1) is 0 Å². The lowest BCUT2D eigenvalue weighted by atomic mass is 9.90. The SMILES string of the molecule is CCCCN1C(=O)N[C@H](c2cccc(NC(=O)C(c3ccccc3)c3ccccc3)c2)C(C(=O)OCC)=C1c1ccccc1. The lowest BCUT2D eigenvalue weighted by Gasteiger charge is -2.37. The second kappa shape index (κ2) is 14.3. The molecule has 7 heteroatoms. The van der Waals surface area contributed by atoms with E-state index in [0.717, 1.165) is 29.5 Å². The van der Waals surface area contributed by atoms with E-state index in [2.05, 4.69) is 17.6 Å². The number of ether oxygens (including phenoxy) is 1. The summed E-state index contributed by atoms with van der Waals surface area (Å²) in [5.74, 6) is -1.22. The third-order valence-electron chi connectivity index (χ3n) is 7.62. The van der Waals surface area contributed by atoms with Crippen molar-refractivity contribution in [2.45, 2.75) is 38.6 Å². The number of esters is 1. The van der Waals surface area contributed by atoms with E-state index in [9.17, 15) is 14.4 Å². The molecule has 0 fully saturated rings. The smallest absolute Gasteiger partial charge is 0.338 e. The molecule has 1 atom stereocenters. The Morgan fingerprint density at radius 3 is 2.05 bits per heavy atom. The van der Waals surface area contributed by atoms with E-state index < -0.39 is 17.9 Å². The van der Waals surface area contributed by atoms with E-state index in [-0.39, 0.29) is 18.5 Å². The number of benzene rings is 4. The molecule has 0 bridgehead atoms. The second-order valence-electron chi connectivity index (χ2n) is 10.6. The van der Waals surface area contributed by atoms with E-state index >= 15 is 0 Å². The van der Waals surface area contributed by atoms with Crippen molar-refractivity contribution in [3.05, 3.63) is 143 Å². The molecule has 0 saturated heterocycles. The Labute approximate surface area is 258 Å². The van der Waals surface area contributed by atoms with Gasteiger partial charge in [-0.25, -0.2) is 9.59 Å². The van der Waals surface area contributed by atoms with Gasteiger partial charge in [0.1, 0.15) is 0 Å². The third kappa shape index (κ3) is 6.73. The van der Waals surface area contributed by atoms with Gasteiger partial charge in [0.2, 0.25) is 5.91 Å². The van der Waals surface area contributed by atoms with Crippen molar-refractivity contribution in [3.8, 4) is 0 Å². The lowest BCUT2D eigenvalue weighted by molar-refractivity contribution is -0.139. The summed E-state index contributed by atoms with van der Waals surface area (Å²) < 4.78 is 5.55. The summed E-state index contributed by atoms with van der Waals surface area (Å²) in [6, 6.07) is 34.9. The average Bonchev–Trinajstić information content (AvgIpc) is 3.05. The number of anilines is 1. The Hall–Kier alpha value is -5.17. The van der Waals surface area contributed by atoms with Crippen LogP contribution in [0.15, 0.2) is 121 Å². The molecule has 5 rings (SSSR count). The maximum absolute atomic E-state index is 13.8. The number of hydrogen-bond donors (Lipinski definition) is 2. The molecule has 0 unspecified atom stereocenters. The Morgan fingerprint density at radius 1 is 0.841 bits per heavy atom. The van der Waals surface area contributed by atoms with Crippen LogP contribution in [0.2, 0.25) is 0 Å². The fourth-order valence-electron chi connectivity index (χ4n) is 5.56. The number of nitrogens with one attached hydrogen (secondary N) is 2. The van der Waals surface area contributed by atoms with Crippen molar-refractivity contribution in [1.82, 2.24) is 10.2 Å². The van der Waals surface area contributed by atoms with Gasteiger partial charge in [-0.2, -0.15) is 0 Å². The van der Waals surface area contributed by atoms with Crippen molar-refractivity contribution < 1.29 is 19.1 Å². The molecule has 1 aliphatic rings. The molecule has 1 heterocycles. The van der Waals surface area contributed by atoms with Crippen molar-refractivity contribution in [1.29, 1.82) is 0 Å². The largest absolute Gasteiger partial charge is 0.463 e. The normalized spacial score (nSPS) is 14.8. The molecule has 0 aliphatic carbocycles. The summed E-state index contributed by atoms with van der Waals surface area (Å²) in [4.78, 5) is 42.7. The molecule has 4 aromatic rings. The fourth-order valence-corrected chi connectivity index (χ4v) is 5.56. The number of rotatable bonds is 11. The van der Waals surface area contributed by atoms with Gasteiger partial charge in [0.15, 0.2) is 0 Å². The first-order valence-corrected chi connectivity index (χ1v) is 15.1. The van der Waals surface area contributed by atoms with Crippen LogP contribution in [-0.2, 0) is 14.3 Å². The predicted octanol–water partition coefficient (Wildman–Crippen LogP) is 7.30. The predicted molar refractivity (Wildman–Crippen MR) is 173 cm³/mol. The van der Waals surface area contributed by atoms with Crippen LogP contribution in [0.3, 0.4) is 0 Å². The molecule has 44 heavy (non-hydrogen) atoms. The minimum absolute atomic E-state index is 0.191. The van der Waals surface area contributed by atoms with Gasteiger partial charge in [-0.15, -0.1) is 0 Å². The zero-order valence-corrected chi connectivity index (χ0v) is 25.0. The number of urea groups is 1. The van der Waals surface area contributed by atoms with Gasteiger partial charge in [0.05, 0.1) is 29.8 Å². The first-order chi connectivity index (χ1) is 21.5. The number of hydrogen-bond acceptors (Lipinski definition) is 4. The van der Waals surface area contributed by atoms with Crippen molar-refractivity contribution in [3.63, 3.8) is 0 Å². The van der Waals surface area contributed by atoms with Crippen molar-refractivity contribution in [2.24, 2.45) is 0 Å². The summed E-state index contributed by atoms with van der Waals surface area (Å²) in [6.07, 6.45) is 1.66. The Kier molecular flexibility index (Phi) is 9.87. The molecule has 4 aromatic carbocycles. The Bertz CT molecular complexity index is 1580. The topological polar surface area (TPSA) is 87.7 Å². The highest BCUT2D eigenvalue weighted by Crippen LogP contribution is 2.37. The summed E-state index contributed by atoms with van der Waals surface area (Å²) in [6.45, 7) is 4.47. The standard InChI is InChI=1S/C37H37N3O4/c1-3-5-24-40-34(28-20-13-8-14-21-28)32(36(42)44-4-2)33(39-37(40)43)29-22-15-23-30(25-29)38-35(41)31(26-16-9-6-10-17-26)27-18-11-7-12-19-27/h6-23,25,31,33H,3-5,24H2,1-2H3,(H,38,41)(H,39,43)/t33-/m1/s1. The number of nitrogens with zero attached hydrogens (tertiary/aromatic N) is 1. The number of amides is 3. The maximum Gasteiger partial charge on any atom is 0.338 e. The minimum Gasteiger partial charge on any atom is -0.463 e. The van der Waals surface area contributed by atoms with Gasteiger partial charge in [-0.3, -0.25) is 9.69 Å². The van der Waals surface area contributed by atoms with E-state index in [1.54, 1.807) is 24.0 Å². The molecule has 0 aromatic heterocycles. The van der Waals surface area contributed by atoms with Gasteiger partial charge in [0.25, 0.3) is 0 Å². The Balaban J connectivity index is 1.55. The van der Waals surface area contributed by atoms with Crippen molar-refractivity contribution in [2.75, 3.05) is 18.5 Å². The molecule has 0 saturated carbocycles. The zero-order valence-electron chi connectivity index (χ0n) is 25.0. The highest BCUT2D eigenvalue weighted by Gasteiger charge is 2.38. The number of carbonyl (C=O) groups is 3. The van der Waals surface area contributed by atoms with E-state index in [1.807, 2.05) is 103 Å². The summed E-state index contributed by atoms with van der Waals surface area (Å²) in [5, 5.41) is 6.14. The highest BCUT2D eigenvalue weighted by molar-refractivity contribution is 6.05. The van der Waals surface area contributed by atoms with E-state index in [0.29, 0.717) is 29.1 Å². The molecule has 3 amide bonds. The van der Waals surface area contributed by atoms with E-state index in [4.69, 9.17) is 4.74 Å². The lowest BCUT2D eigenvalue weighted by Crippen LogP contribution is -2.48. The van der Waals surface area contributed by atoms with Crippen LogP contribution in [-0.4, -0.2) is 36.0 Å². The fraction of sp³-hybridized carbons (Fsp3) is 0.216. The van der Waals surface area contributed by atoms with Crippen LogP contribution >= 0.6 is 0 Å². The first kappa shape index (κ1) is 30.3.